The molecule has 0 bridgehead atoms. The van der Waals surface area contributed by atoms with Crippen molar-refractivity contribution in [2.24, 2.45) is 0 Å². The number of benzene rings is 1. The number of hydrogen-bond acceptors (Lipinski definition) is 3. The van der Waals surface area contributed by atoms with Crippen LogP contribution in [0, 0.1) is 0 Å². The molecule has 0 aromatic heterocycles. The second kappa shape index (κ2) is 6.48. The summed E-state index contributed by atoms with van der Waals surface area (Å²) < 4.78 is 5.33. The van der Waals surface area contributed by atoms with Gasteiger partial charge in [-0.05, 0) is 26.0 Å². The van der Waals surface area contributed by atoms with Gasteiger partial charge < -0.3 is 20.5 Å². The molecule has 0 saturated carbocycles. The van der Waals surface area contributed by atoms with Crippen molar-refractivity contribution in [3.63, 3.8) is 0 Å². The highest BCUT2D eigenvalue weighted by molar-refractivity contribution is 5.93. The number of anilines is 1. The molecule has 0 radical (unpaired) electrons. The van der Waals surface area contributed by atoms with Gasteiger partial charge in [0.1, 0.15) is 11.8 Å². The van der Waals surface area contributed by atoms with E-state index in [1.807, 2.05) is 6.92 Å². The predicted octanol–water partition coefficient (Wildman–Crippen LogP) is 1.68. The number of rotatable bonds is 5. The number of carbonyl (C=O) groups excluding carboxylic acids is 1. The maximum atomic E-state index is 11.5. The first-order valence-electron chi connectivity index (χ1n) is 5.56. The van der Waals surface area contributed by atoms with E-state index >= 15 is 0 Å². The van der Waals surface area contributed by atoms with E-state index in [0.29, 0.717) is 18.0 Å². The molecule has 1 unspecified atom stereocenters. The Labute approximate surface area is 105 Å². The van der Waals surface area contributed by atoms with Gasteiger partial charge in [0.2, 0.25) is 0 Å². The number of amides is 2. The van der Waals surface area contributed by atoms with Gasteiger partial charge in [0, 0.05) is 0 Å². The Hall–Kier alpha value is -2.24. The zero-order valence-electron chi connectivity index (χ0n) is 10.3. The third-order valence-electron chi connectivity index (χ3n) is 2.15. The third kappa shape index (κ3) is 3.97. The Kier molecular flexibility index (Phi) is 4.98. The van der Waals surface area contributed by atoms with Crippen molar-refractivity contribution in [1.29, 1.82) is 0 Å². The van der Waals surface area contributed by atoms with E-state index in [1.54, 1.807) is 24.3 Å². The van der Waals surface area contributed by atoms with Crippen molar-refractivity contribution in [3.8, 4) is 5.75 Å². The fourth-order valence-corrected chi connectivity index (χ4v) is 1.27. The number of hydrogen-bond donors (Lipinski definition) is 3. The van der Waals surface area contributed by atoms with Crippen molar-refractivity contribution in [1.82, 2.24) is 5.32 Å². The fraction of sp³-hybridized carbons (Fsp3) is 0.333. The SMILES string of the molecule is CCOc1ccccc1NC(=O)NC(C)C(=O)O. The lowest BCUT2D eigenvalue weighted by molar-refractivity contribution is -0.138. The Morgan fingerprint density at radius 2 is 2.06 bits per heavy atom. The number of para-hydroxylation sites is 2. The van der Waals surface area contributed by atoms with E-state index in [9.17, 15) is 9.59 Å². The van der Waals surface area contributed by atoms with Crippen molar-refractivity contribution < 1.29 is 19.4 Å². The molecule has 1 atom stereocenters. The second-order valence-electron chi connectivity index (χ2n) is 3.59. The van der Waals surface area contributed by atoms with E-state index in [1.165, 1.54) is 6.92 Å². The molecule has 1 aromatic rings. The summed E-state index contributed by atoms with van der Waals surface area (Å²) >= 11 is 0. The van der Waals surface area contributed by atoms with Gasteiger partial charge in [0.05, 0.1) is 12.3 Å². The van der Waals surface area contributed by atoms with Gasteiger partial charge in [-0.1, -0.05) is 12.1 Å². The normalized spacial score (nSPS) is 11.4. The third-order valence-corrected chi connectivity index (χ3v) is 2.15. The van der Waals surface area contributed by atoms with Crippen LogP contribution >= 0.6 is 0 Å². The lowest BCUT2D eigenvalue weighted by atomic mass is 10.3. The molecule has 0 aliphatic carbocycles. The zero-order valence-corrected chi connectivity index (χ0v) is 10.3. The van der Waals surface area contributed by atoms with Crippen LogP contribution < -0.4 is 15.4 Å². The van der Waals surface area contributed by atoms with Crippen LogP contribution in [0.4, 0.5) is 10.5 Å². The number of carbonyl (C=O) groups is 2. The Balaban J connectivity index is 2.66. The van der Waals surface area contributed by atoms with Crippen LogP contribution in [0.1, 0.15) is 13.8 Å². The summed E-state index contributed by atoms with van der Waals surface area (Å²) in [5.41, 5.74) is 0.495. The zero-order chi connectivity index (χ0) is 13.5. The molecule has 0 aliphatic heterocycles. The van der Waals surface area contributed by atoms with Gasteiger partial charge in [0.15, 0.2) is 0 Å². The van der Waals surface area contributed by atoms with Gasteiger partial charge in [-0.2, -0.15) is 0 Å². The maximum Gasteiger partial charge on any atom is 0.325 e. The molecule has 0 saturated heterocycles. The molecular weight excluding hydrogens is 236 g/mol. The Morgan fingerprint density at radius 3 is 2.67 bits per heavy atom. The van der Waals surface area contributed by atoms with Crippen LogP contribution in [0.25, 0.3) is 0 Å². The van der Waals surface area contributed by atoms with Crippen LogP contribution in [0.2, 0.25) is 0 Å². The van der Waals surface area contributed by atoms with E-state index in [2.05, 4.69) is 10.6 Å². The first-order chi connectivity index (χ1) is 8.54. The Bertz CT molecular complexity index is 434. The number of carboxylic acid groups (broad SMARTS) is 1. The predicted molar refractivity (Wildman–Crippen MR) is 66.9 cm³/mol. The molecule has 1 aromatic carbocycles. The lowest BCUT2D eigenvalue weighted by Crippen LogP contribution is -2.40. The van der Waals surface area contributed by atoms with Gasteiger partial charge >= 0.3 is 12.0 Å². The summed E-state index contributed by atoms with van der Waals surface area (Å²) in [7, 11) is 0. The minimum absolute atomic E-state index is 0.478. The smallest absolute Gasteiger partial charge is 0.325 e. The quantitative estimate of drug-likeness (QED) is 0.744. The number of nitrogens with one attached hydrogen (secondary N) is 2. The summed E-state index contributed by atoms with van der Waals surface area (Å²) in [4.78, 5) is 22.1. The highest BCUT2D eigenvalue weighted by Crippen LogP contribution is 2.23. The van der Waals surface area contributed by atoms with Crippen molar-refractivity contribution in [3.05, 3.63) is 24.3 Å². The number of carboxylic acids is 1. The number of ether oxygens (including phenoxy) is 1. The monoisotopic (exact) mass is 252 g/mol. The van der Waals surface area contributed by atoms with Gasteiger partial charge in [0.25, 0.3) is 0 Å². The van der Waals surface area contributed by atoms with Gasteiger partial charge in [-0.15, -0.1) is 0 Å². The molecule has 6 nitrogen and oxygen atoms in total. The topological polar surface area (TPSA) is 87.7 Å². The Morgan fingerprint density at radius 1 is 1.39 bits per heavy atom. The number of aliphatic carboxylic acids is 1. The summed E-state index contributed by atoms with van der Waals surface area (Å²) in [5, 5.41) is 13.5. The van der Waals surface area contributed by atoms with Gasteiger partial charge in [-0.3, -0.25) is 4.79 Å². The standard InChI is InChI=1S/C12H16N2O4/c1-3-18-10-7-5-4-6-9(10)14-12(17)13-8(2)11(15)16/h4-8H,3H2,1-2H3,(H,15,16)(H2,13,14,17). The van der Waals surface area contributed by atoms with Crippen molar-refractivity contribution in [2.45, 2.75) is 19.9 Å². The molecule has 0 fully saturated rings. The molecule has 2 amide bonds. The largest absolute Gasteiger partial charge is 0.492 e. The first-order valence-corrected chi connectivity index (χ1v) is 5.56. The summed E-state index contributed by atoms with van der Waals surface area (Å²) in [6.45, 7) is 3.70. The summed E-state index contributed by atoms with van der Waals surface area (Å²) in [6.07, 6.45) is 0. The van der Waals surface area contributed by atoms with E-state index in [0.717, 1.165) is 0 Å². The van der Waals surface area contributed by atoms with Crippen LogP contribution in [0.15, 0.2) is 24.3 Å². The molecule has 18 heavy (non-hydrogen) atoms. The molecular formula is C12H16N2O4. The molecule has 0 spiro atoms. The molecule has 1 rings (SSSR count). The van der Waals surface area contributed by atoms with Crippen molar-refractivity contribution >= 4 is 17.7 Å². The molecule has 0 heterocycles. The van der Waals surface area contributed by atoms with E-state index in [-0.39, 0.29) is 0 Å². The molecule has 98 valence electrons. The minimum Gasteiger partial charge on any atom is -0.492 e. The van der Waals surface area contributed by atoms with E-state index in [4.69, 9.17) is 9.84 Å². The fourth-order valence-electron chi connectivity index (χ4n) is 1.27. The molecule has 0 aliphatic rings. The average Bonchev–Trinajstić information content (AvgIpc) is 2.31. The lowest BCUT2D eigenvalue weighted by Gasteiger charge is -2.13. The van der Waals surface area contributed by atoms with Gasteiger partial charge in [-0.25, -0.2) is 4.79 Å². The highest BCUT2D eigenvalue weighted by atomic mass is 16.5. The highest BCUT2D eigenvalue weighted by Gasteiger charge is 2.14. The van der Waals surface area contributed by atoms with E-state index < -0.39 is 18.0 Å². The number of urea groups is 1. The molecule has 3 N–H and O–H groups in total. The second-order valence-corrected chi connectivity index (χ2v) is 3.59. The van der Waals surface area contributed by atoms with Crippen LogP contribution in [0.3, 0.4) is 0 Å². The van der Waals surface area contributed by atoms with Crippen molar-refractivity contribution in [2.75, 3.05) is 11.9 Å². The average molecular weight is 252 g/mol. The van der Waals surface area contributed by atoms with Crippen LogP contribution in [0.5, 0.6) is 5.75 Å². The maximum absolute atomic E-state index is 11.5. The first kappa shape index (κ1) is 13.8. The van der Waals surface area contributed by atoms with Crippen LogP contribution in [-0.4, -0.2) is 29.8 Å². The summed E-state index contributed by atoms with van der Waals surface area (Å²) in [5.74, 6) is -0.554. The minimum atomic E-state index is -1.09. The molecule has 6 heteroatoms. The van der Waals surface area contributed by atoms with Crippen LogP contribution in [-0.2, 0) is 4.79 Å². The summed E-state index contributed by atoms with van der Waals surface area (Å²) in [6, 6.07) is 5.39.